The second-order valence-corrected chi connectivity index (χ2v) is 8.63. The summed E-state index contributed by atoms with van der Waals surface area (Å²) in [5.74, 6) is -2.34. The van der Waals surface area contributed by atoms with Gasteiger partial charge in [0.2, 0.25) is 11.8 Å². The minimum Gasteiger partial charge on any atom is -0.480 e. The quantitative estimate of drug-likeness (QED) is 0.297. The van der Waals surface area contributed by atoms with Crippen LogP contribution in [-0.2, 0) is 27.2 Å². The monoisotopic (exact) mass is 464 g/mol. The van der Waals surface area contributed by atoms with Crippen LogP contribution in [0.15, 0.2) is 60.8 Å². The van der Waals surface area contributed by atoms with Gasteiger partial charge in [0.25, 0.3) is 0 Å². The number of nitrogens with one attached hydrogen (secondary N) is 3. The molecule has 8 nitrogen and oxygen atoms in total. The van der Waals surface area contributed by atoms with Crippen molar-refractivity contribution < 1.29 is 19.5 Å². The fraction of sp³-hybridized carbons (Fsp3) is 0.346. The standard InChI is InChI=1S/C26H32N4O4/c1-3-16(2)23(25(32)29-22(26(33)34)13-17-9-5-4-6-10-17)30-24(31)20(27)14-18-15-28-21-12-8-7-11-19(18)21/h4-12,15-16,20,22-23,28H,3,13-14,27H2,1-2H3,(H,29,32)(H,30,31)(H,33,34)/t16-,20-,22-,23-/m0/s1. The first-order valence-electron chi connectivity index (χ1n) is 11.5. The van der Waals surface area contributed by atoms with Crippen LogP contribution in [0.1, 0.15) is 31.4 Å². The molecular formula is C26H32N4O4. The van der Waals surface area contributed by atoms with Crippen molar-refractivity contribution in [3.63, 3.8) is 0 Å². The first-order chi connectivity index (χ1) is 16.3. The molecule has 0 unspecified atom stereocenters. The van der Waals surface area contributed by atoms with E-state index >= 15 is 0 Å². The SMILES string of the molecule is CC[C@H](C)[C@H](NC(=O)[C@@H](N)Cc1c[nH]c2ccccc12)C(=O)N[C@@H](Cc1ccccc1)C(=O)O. The molecule has 8 heteroatoms. The van der Waals surface area contributed by atoms with Gasteiger partial charge < -0.3 is 26.5 Å². The smallest absolute Gasteiger partial charge is 0.326 e. The highest BCUT2D eigenvalue weighted by atomic mass is 16.4. The maximum absolute atomic E-state index is 13.1. The normalized spacial score (nSPS) is 14.7. The largest absolute Gasteiger partial charge is 0.480 e. The molecule has 34 heavy (non-hydrogen) atoms. The van der Waals surface area contributed by atoms with Crippen LogP contribution >= 0.6 is 0 Å². The van der Waals surface area contributed by atoms with Crippen molar-refractivity contribution in [2.75, 3.05) is 0 Å². The van der Waals surface area contributed by atoms with Gasteiger partial charge in [-0.25, -0.2) is 4.79 Å². The van der Waals surface area contributed by atoms with Crippen molar-refractivity contribution >= 4 is 28.7 Å². The number of carbonyl (C=O) groups is 3. The molecular weight excluding hydrogens is 432 g/mol. The Bertz CT molecular complexity index is 1130. The van der Waals surface area contributed by atoms with E-state index in [9.17, 15) is 19.5 Å². The fourth-order valence-corrected chi connectivity index (χ4v) is 3.90. The van der Waals surface area contributed by atoms with Gasteiger partial charge in [-0.1, -0.05) is 68.8 Å². The number of hydrogen-bond donors (Lipinski definition) is 5. The molecule has 1 aromatic heterocycles. The summed E-state index contributed by atoms with van der Waals surface area (Å²) in [6.07, 6.45) is 2.89. The topological polar surface area (TPSA) is 137 Å². The molecule has 0 bridgehead atoms. The molecule has 0 radical (unpaired) electrons. The van der Waals surface area contributed by atoms with E-state index < -0.39 is 35.9 Å². The van der Waals surface area contributed by atoms with Crippen LogP contribution in [0, 0.1) is 5.92 Å². The zero-order chi connectivity index (χ0) is 24.7. The number of aliphatic carboxylic acids is 1. The predicted molar refractivity (Wildman–Crippen MR) is 131 cm³/mol. The van der Waals surface area contributed by atoms with E-state index in [1.807, 2.05) is 62.5 Å². The number of rotatable bonds is 11. The number of amides is 2. The Kier molecular flexibility index (Phi) is 8.43. The molecule has 0 saturated heterocycles. The van der Waals surface area contributed by atoms with Crippen LogP contribution < -0.4 is 16.4 Å². The number of H-pyrrole nitrogens is 1. The highest BCUT2D eigenvalue weighted by Gasteiger charge is 2.31. The lowest BCUT2D eigenvalue weighted by molar-refractivity contribution is -0.142. The Morgan fingerprint density at radius 3 is 2.32 bits per heavy atom. The average molecular weight is 465 g/mol. The predicted octanol–water partition coefficient (Wildman–Crippen LogP) is 2.38. The van der Waals surface area contributed by atoms with Crippen LogP contribution in [0.2, 0.25) is 0 Å². The van der Waals surface area contributed by atoms with E-state index in [0.717, 1.165) is 22.0 Å². The van der Waals surface area contributed by atoms with Crippen molar-refractivity contribution in [2.24, 2.45) is 11.7 Å². The van der Waals surface area contributed by atoms with E-state index in [4.69, 9.17) is 5.73 Å². The lowest BCUT2D eigenvalue weighted by Crippen LogP contribution is -2.57. The zero-order valence-corrected chi connectivity index (χ0v) is 19.5. The fourth-order valence-electron chi connectivity index (χ4n) is 3.90. The molecule has 3 rings (SSSR count). The Morgan fingerprint density at radius 1 is 0.971 bits per heavy atom. The third kappa shape index (κ3) is 6.23. The summed E-state index contributed by atoms with van der Waals surface area (Å²) < 4.78 is 0. The number of hydrogen-bond acceptors (Lipinski definition) is 4. The molecule has 180 valence electrons. The first kappa shape index (κ1) is 25.0. The Morgan fingerprint density at radius 2 is 1.65 bits per heavy atom. The Labute approximate surface area is 198 Å². The maximum atomic E-state index is 13.1. The number of aromatic amines is 1. The van der Waals surface area contributed by atoms with Gasteiger partial charge in [0.1, 0.15) is 12.1 Å². The van der Waals surface area contributed by atoms with E-state index in [0.29, 0.717) is 12.8 Å². The van der Waals surface area contributed by atoms with Crippen LogP contribution in [0.5, 0.6) is 0 Å². The van der Waals surface area contributed by atoms with Crippen molar-refractivity contribution in [1.82, 2.24) is 15.6 Å². The summed E-state index contributed by atoms with van der Waals surface area (Å²) in [5.41, 5.74) is 8.85. The molecule has 0 aliphatic heterocycles. The van der Waals surface area contributed by atoms with E-state index in [1.165, 1.54) is 0 Å². The molecule has 2 aromatic carbocycles. The van der Waals surface area contributed by atoms with Crippen LogP contribution in [0.3, 0.4) is 0 Å². The number of fused-ring (bicyclic) bond motifs is 1. The minimum absolute atomic E-state index is 0.142. The maximum Gasteiger partial charge on any atom is 0.326 e. The van der Waals surface area contributed by atoms with Gasteiger partial charge in [0.05, 0.1) is 6.04 Å². The van der Waals surface area contributed by atoms with Crippen LogP contribution in [-0.4, -0.2) is 46.0 Å². The van der Waals surface area contributed by atoms with Gasteiger partial charge in [-0.2, -0.15) is 0 Å². The molecule has 1 heterocycles. The molecule has 0 saturated carbocycles. The van der Waals surface area contributed by atoms with Crippen molar-refractivity contribution in [2.45, 2.75) is 51.2 Å². The summed E-state index contributed by atoms with van der Waals surface area (Å²) in [5, 5.41) is 16.0. The lowest BCUT2D eigenvalue weighted by Gasteiger charge is -2.26. The number of nitrogens with two attached hydrogens (primary N) is 1. The molecule has 0 aliphatic carbocycles. The number of benzene rings is 2. The molecule has 0 fully saturated rings. The molecule has 3 aromatic rings. The Hall–Kier alpha value is -3.65. The van der Waals surface area contributed by atoms with Gasteiger partial charge >= 0.3 is 5.97 Å². The van der Waals surface area contributed by atoms with Crippen LogP contribution in [0.25, 0.3) is 10.9 Å². The van der Waals surface area contributed by atoms with Gasteiger partial charge in [0, 0.05) is 23.5 Å². The van der Waals surface area contributed by atoms with Crippen molar-refractivity contribution in [1.29, 1.82) is 0 Å². The summed E-state index contributed by atoms with van der Waals surface area (Å²) in [6, 6.07) is 13.9. The first-order valence-corrected chi connectivity index (χ1v) is 11.5. The molecule has 2 amide bonds. The average Bonchev–Trinajstić information content (AvgIpc) is 3.24. The number of aromatic nitrogens is 1. The molecule has 4 atom stereocenters. The summed E-state index contributed by atoms with van der Waals surface area (Å²) >= 11 is 0. The highest BCUT2D eigenvalue weighted by molar-refractivity contribution is 5.92. The number of carboxylic acids is 1. The van der Waals surface area contributed by atoms with Gasteiger partial charge in [0.15, 0.2) is 0 Å². The van der Waals surface area contributed by atoms with Crippen molar-refractivity contribution in [3.05, 3.63) is 71.9 Å². The third-order valence-electron chi connectivity index (χ3n) is 6.14. The van der Waals surface area contributed by atoms with E-state index in [-0.39, 0.29) is 12.3 Å². The summed E-state index contributed by atoms with van der Waals surface area (Å²) in [4.78, 5) is 40.9. The third-order valence-corrected chi connectivity index (χ3v) is 6.14. The molecule has 0 spiro atoms. The second-order valence-electron chi connectivity index (χ2n) is 8.63. The van der Waals surface area contributed by atoms with E-state index in [1.54, 1.807) is 12.1 Å². The molecule has 0 aliphatic rings. The number of para-hydroxylation sites is 1. The summed E-state index contributed by atoms with van der Waals surface area (Å²) in [6.45, 7) is 3.74. The Balaban J connectivity index is 1.68. The van der Waals surface area contributed by atoms with Gasteiger partial charge in [-0.3, -0.25) is 9.59 Å². The second kappa shape index (κ2) is 11.5. The highest BCUT2D eigenvalue weighted by Crippen LogP contribution is 2.19. The number of carboxylic acid groups (broad SMARTS) is 1. The van der Waals surface area contributed by atoms with Gasteiger partial charge in [-0.15, -0.1) is 0 Å². The minimum atomic E-state index is -1.14. The van der Waals surface area contributed by atoms with Crippen molar-refractivity contribution in [3.8, 4) is 0 Å². The molecule has 6 N–H and O–H groups in total. The van der Waals surface area contributed by atoms with Crippen LogP contribution in [0.4, 0.5) is 0 Å². The zero-order valence-electron chi connectivity index (χ0n) is 19.5. The van der Waals surface area contributed by atoms with E-state index in [2.05, 4.69) is 15.6 Å². The summed E-state index contributed by atoms with van der Waals surface area (Å²) in [7, 11) is 0. The number of carbonyl (C=O) groups excluding carboxylic acids is 2. The lowest BCUT2D eigenvalue weighted by atomic mass is 9.96. The van der Waals surface area contributed by atoms with Gasteiger partial charge in [-0.05, 0) is 29.5 Å².